The van der Waals surface area contributed by atoms with Crippen LogP contribution in [0.2, 0.25) is 5.02 Å². The lowest BCUT2D eigenvalue weighted by atomic mass is 10.1. The van der Waals surface area contributed by atoms with E-state index in [9.17, 15) is 4.79 Å². The van der Waals surface area contributed by atoms with E-state index in [1.165, 1.54) is 0 Å². The number of hydrogen-bond donors (Lipinski definition) is 2. The Kier molecular flexibility index (Phi) is 4.62. The number of imidazole rings is 1. The molecule has 0 aliphatic carbocycles. The number of amides is 2. The number of nitrogens with zero attached hydrogens (tertiary/aromatic N) is 4. The molecule has 4 rings (SSSR count). The molecule has 1 saturated heterocycles. The van der Waals surface area contributed by atoms with E-state index in [1.807, 2.05) is 39.9 Å². The molecule has 8 heteroatoms. The number of rotatable bonds is 3. The SMILES string of the molecule is O=C(Nc1ccn2ccnc2c1)N1CCC(Nc2ccncc2Cl)CC1. The lowest BCUT2D eigenvalue weighted by molar-refractivity contribution is 0.197. The number of carbonyl (C=O) groups is 1. The summed E-state index contributed by atoms with van der Waals surface area (Å²) in [4.78, 5) is 22.6. The van der Waals surface area contributed by atoms with Crippen molar-refractivity contribution in [2.75, 3.05) is 23.7 Å². The molecule has 3 aromatic heterocycles. The van der Waals surface area contributed by atoms with Crippen molar-refractivity contribution in [1.82, 2.24) is 19.3 Å². The number of piperidine rings is 1. The van der Waals surface area contributed by atoms with Crippen LogP contribution in [0.3, 0.4) is 0 Å². The summed E-state index contributed by atoms with van der Waals surface area (Å²) in [5, 5.41) is 7.00. The van der Waals surface area contributed by atoms with Crippen molar-refractivity contribution in [3.8, 4) is 0 Å². The second kappa shape index (κ2) is 7.21. The van der Waals surface area contributed by atoms with Gasteiger partial charge in [-0.1, -0.05) is 11.6 Å². The van der Waals surface area contributed by atoms with Gasteiger partial charge >= 0.3 is 6.03 Å². The van der Waals surface area contributed by atoms with E-state index in [2.05, 4.69) is 20.6 Å². The lowest BCUT2D eigenvalue weighted by Crippen LogP contribution is -2.44. The summed E-state index contributed by atoms with van der Waals surface area (Å²) in [6.45, 7) is 1.38. The van der Waals surface area contributed by atoms with Crippen molar-refractivity contribution in [3.63, 3.8) is 0 Å². The Bertz CT molecular complexity index is 919. The molecule has 0 radical (unpaired) electrons. The summed E-state index contributed by atoms with van der Waals surface area (Å²) in [7, 11) is 0. The van der Waals surface area contributed by atoms with Gasteiger partial charge in [0.05, 0.1) is 10.7 Å². The highest BCUT2D eigenvalue weighted by Crippen LogP contribution is 2.23. The fourth-order valence-electron chi connectivity index (χ4n) is 3.13. The number of aromatic nitrogens is 3. The maximum absolute atomic E-state index is 12.5. The van der Waals surface area contributed by atoms with E-state index < -0.39 is 0 Å². The summed E-state index contributed by atoms with van der Waals surface area (Å²) in [6.07, 6.45) is 10.6. The minimum absolute atomic E-state index is 0.0821. The van der Waals surface area contributed by atoms with Crippen LogP contribution >= 0.6 is 11.6 Å². The fraction of sp³-hybridized carbons (Fsp3) is 0.278. The monoisotopic (exact) mass is 370 g/mol. The number of fused-ring (bicyclic) bond motifs is 1. The van der Waals surface area contributed by atoms with Crippen molar-refractivity contribution in [1.29, 1.82) is 0 Å². The topological polar surface area (TPSA) is 74.6 Å². The molecule has 1 aliphatic rings. The molecule has 2 amide bonds. The van der Waals surface area contributed by atoms with Gasteiger partial charge in [0.1, 0.15) is 5.65 Å². The molecule has 4 heterocycles. The lowest BCUT2D eigenvalue weighted by Gasteiger charge is -2.33. The number of hydrogen-bond acceptors (Lipinski definition) is 4. The van der Waals surface area contributed by atoms with Crippen molar-refractivity contribution in [2.45, 2.75) is 18.9 Å². The molecule has 26 heavy (non-hydrogen) atoms. The Labute approximate surface area is 156 Å². The molecular weight excluding hydrogens is 352 g/mol. The van der Waals surface area contributed by atoms with Crippen molar-refractivity contribution >= 4 is 34.7 Å². The molecule has 1 fully saturated rings. The molecule has 0 bridgehead atoms. The average Bonchev–Trinajstić information content (AvgIpc) is 3.12. The highest BCUT2D eigenvalue weighted by atomic mass is 35.5. The minimum Gasteiger partial charge on any atom is -0.381 e. The predicted molar refractivity (Wildman–Crippen MR) is 102 cm³/mol. The van der Waals surface area contributed by atoms with Crippen LogP contribution in [0.25, 0.3) is 5.65 Å². The normalized spacial score (nSPS) is 15.2. The Morgan fingerprint density at radius 1 is 1.19 bits per heavy atom. The van der Waals surface area contributed by atoms with Gasteiger partial charge in [0.15, 0.2) is 0 Å². The maximum Gasteiger partial charge on any atom is 0.321 e. The zero-order valence-electron chi connectivity index (χ0n) is 14.1. The standard InChI is InChI=1S/C18H19ClN6O/c19-15-12-20-5-1-16(15)22-13-2-8-25(9-3-13)18(26)23-14-4-7-24-10-6-21-17(24)11-14/h1,4-7,10-13H,2-3,8-9H2,(H,20,22)(H,23,26). The van der Waals surface area contributed by atoms with Gasteiger partial charge in [0.2, 0.25) is 0 Å². The predicted octanol–water partition coefficient (Wildman–Crippen LogP) is 3.49. The molecule has 0 spiro atoms. The third-order valence-electron chi connectivity index (χ3n) is 4.56. The van der Waals surface area contributed by atoms with Crippen LogP contribution in [0, 0.1) is 0 Å². The Hall–Kier alpha value is -2.80. The number of likely N-dealkylation sites (tertiary alicyclic amines) is 1. The summed E-state index contributed by atoms with van der Waals surface area (Å²) < 4.78 is 1.90. The highest BCUT2D eigenvalue weighted by molar-refractivity contribution is 6.33. The van der Waals surface area contributed by atoms with E-state index in [-0.39, 0.29) is 6.03 Å². The Morgan fingerprint density at radius 2 is 2.04 bits per heavy atom. The van der Waals surface area contributed by atoms with Crippen LogP contribution in [0.15, 0.2) is 49.2 Å². The largest absolute Gasteiger partial charge is 0.381 e. The van der Waals surface area contributed by atoms with Crippen LogP contribution in [-0.4, -0.2) is 44.4 Å². The van der Waals surface area contributed by atoms with E-state index in [0.29, 0.717) is 24.2 Å². The van der Waals surface area contributed by atoms with Crippen LogP contribution in [-0.2, 0) is 0 Å². The van der Waals surface area contributed by atoms with E-state index in [1.54, 1.807) is 18.6 Å². The van der Waals surface area contributed by atoms with Gasteiger partial charge in [-0.05, 0) is 25.0 Å². The highest BCUT2D eigenvalue weighted by Gasteiger charge is 2.23. The number of urea groups is 1. The second-order valence-corrected chi connectivity index (χ2v) is 6.71. The van der Waals surface area contributed by atoms with Crippen LogP contribution in [0.4, 0.5) is 16.2 Å². The molecule has 2 N–H and O–H groups in total. The summed E-state index contributed by atoms with van der Waals surface area (Å²) in [6, 6.07) is 5.80. The maximum atomic E-state index is 12.5. The van der Waals surface area contributed by atoms with Gasteiger partial charge in [0.25, 0.3) is 0 Å². The summed E-state index contributed by atoms with van der Waals surface area (Å²) >= 11 is 6.14. The Morgan fingerprint density at radius 3 is 2.85 bits per heavy atom. The van der Waals surface area contributed by atoms with Gasteiger partial charge in [-0.3, -0.25) is 4.98 Å². The smallest absolute Gasteiger partial charge is 0.321 e. The summed E-state index contributed by atoms with van der Waals surface area (Å²) in [5.41, 5.74) is 2.44. The van der Waals surface area contributed by atoms with Gasteiger partial charge in [-0.2, -0.15) is 0 Å². The number of nitrogens with one attached hydrogen (secondary N) is 2. The van der Waals surface area contributed by atoms with E-state index in [0.717, 1.165) is 29.9 Å². The number of pyridine rings is 2. The van der Waals surface area contributed by atoms with Gasteiger partial charge in [-0.25, -0.2) is 9.78 Å². The van der Waals surface area contributed by atoms with Gasteiger partial charge in [-0.15, -0.1) is 0 Å². The quantitative estimate of drug-likeness (QED) is 0.740. The average molecular weight is 371 g/mol. The second-order valence-electron chi connectivity index (χ2n) is 6.30. The molecule has 0 unspecified atom stereocenters. The first-order chi connectivity index (χ1) is 12.7. The molecule has 0 aromatic carbocycles. The minimum atomic E-state index is -0.0821. The first-order valence-electron chi connectivity index (χ1n) is 8.54. The zero-order valence-corrected chi connectivity index (χ0v) is 14.9. The van der Waals surface area contributed by atoms with Crippen molar-refractivity contribution in [3.05, 3.63) is 54.2 Å². The summed E-state index contributed by atoms with van der Waals surface area (Å²) in [5.74, 6) is 0. The fourth-order valence-corrected chi connectivity index (χ4v) is 3.30. The molecule has 0 atom stereocenters. The van der Waals surface area contributed by atoms with Crippen LogP contribution in [0.5, 0.6) is 0 Å². The number of anilines is 2. The first-order valence-corrected chi connectivity index (χ1v) is 8.91. The third-order valence-corrected chi connectivity index (χ3v) is 4.86. The zero-order chi connectivity index (χ0) is 17.9. The van der Waals surface area contributed by atoms with Crippen molar-refractivity contribution < 1.29 is 4.79 Å². The van der Waals surface area contributed by atoms with Crippen LogP contribution < -0.4 is 10.6 Å². The number of carbonyl (C=O) groups excluding carboxylic acids is 1. The molecule has 7 nitrogen and oxygen atoms in total. The molecule has 134 valence electrons. The molecule has 1 aliphatic heterocycles. The van der Waals surface area contributed by atoms with Crippen LogP contribution in [0.1, 0.15) is 12.8 Å². The van der Waals surface area contributed by atoms with E-state index >= 15 is 0 Å². The van der Waals surface area contributed by atoms with E-state index in [4.69, 9.17) is 11.6 Å². The molecule has 3 aromatic rings. The van der Waals surface area contributed by atoms with Gasteiger partial charge < -0.3 is 19.9 Å². The molecule has 0 saturated carbocycles. The third kappa shape index (κ3) is 3.57. The first kappa shape index (κ1) is 16.7. The Balaban J connectivity index is 1.32. The van der Waals surface area contributed by atoms with Crippen molar-refractivity contribution in [2.24, 2.45) is 0 Å². The van der Waals surface area contributed by atoms with Gasteiger partial charge in [0, 0.05) is 61.9 Å². The molecular formula is C18H19ClN6O. The number of halogens is 1.